The van der Waals surface area contributed by atoms with E-state index in [1.165, 1.54) is 25.7 Å². The average Bonchev–Trinajstić information content (AvgIpc) is 3.34. The van der Waals surface area contributed by atoms with Crippen molar-refractivity contribution in [3.8, 4) is 0 Å². The van der Waals surface area contributed by atoms with Gasteiger partial charge in [0.15, 0.2) is 5.65 Å². The van der Waals surface area contributed by atoms with Crippen LogP contribution in [0.5, 0.6) is 0 Å². The number of carbonyl (C=O) groups is 1. The number of nitrogens with one attached hydrogen (secondary N) is 2. The van der Waals surface area contributed by atoms with E-state index < -0.39 is 0 Å². The van der Waals surface area contributed by atoms with Crippen molar-refractivity contribution >= 4 is 17.1 Å². The molecule has 0 spiro atoms. The van der Waals surface area contributed by atoms with Gasteiger partial charge in [0, 0.05) is 37.1 Å². The van der Waals surface area contributed by atoms with Crippen molar-refractivity contribution < 1.29 is 4.79 Å². The third-order valence-electron chi connectivity index (χ3n) is 4.63. The van der Waals surface area contributed by atoms with E-state index in [-0.39, 0.29) is 5.91 Å². The molecule has 1 fully saturated rings. The molecule has 0 bridgehead atoms. The topological polar surface area (TPSA) is 88.5 Å². The van der Waals surface area contributed by atoms with Gasteiger partial charge in [0.05, 0.1) is 18.2 Å². The second kappa shape index (κ2) is 6.43. The molecular weight excluding hydrogens is 304 g/mol. The van der Waals surface area contributed by atoms with Crippen LogP contribution in [0, 0.1) is 0 Å². The molecule has 3 aromatic heterocycles. The number of rotatable bonds is 5. The van der Waals surface area contributed by atoms with Gasteiger partial charge in [0.2, 0.25) is 0 Å². The first kappa shape index (κ1) is 14.9. The highest BCUT2D eigenvalue weighted by molar-refractivity contribution is 5.96. The van der Waals surface area contributed by atoms with Crippen LogP contribution in [-0.2, 0) is 6.42 Å². The van der Waals surface area contributed by atoms with Crippen molar-refractivity contribution in [2.24, 2.45) is 0 Å². The zero-order valence-electron chi connectivity index (χ0n) is 13.4. The van der Waals surface area contributed by atoms with Crippen LogP contribution in [0.25, 0.3) is 11.2 Å². The van der Waals surface area contributed by atoms with E-state index in [0.29, 0.717) is 18.2 Å². The molecule has 24 heavy (non-hydrogen) atoms. The van der Waals surface area contributed by atoms with Crippen molar-refractivity contribution in [1.29, 1.82) is 0 Å². The second-order valence-corrected chi connectivity index (χ2v) is 6.24. The van der Waals surface area contributed by atoms with Gasteiger partial charge in [-0.05, 0) is 18.9 Å². The van der Waals surface area contributed by atoms with Crippen molar-refractivity contribution in [3.63, 3.8) is 0 Å². The lowest BCUT2D eigenvalue weighted by Gasteiger charge is -2.11. The van der Waals surface area contributed by atoms with Gasteiger partial charge in [-0.2, -0.15) is 0 Å². The highest BCUT2D eigenvalue weighted by atomic mass is 16.1. The van der Waals surface area contributed by atoms with Crippen LogP contribution in [0.1, 0.15) is 47.8 Å². The maximum absolute atomic E-state index is 12.3. The summed E-state index contributed by atoms with van der Waals surface area (Å²) >= 11 is 0. The number of nitrogens with zero attached hydrogens (tertiary/aromatic N) is 4. The first-order chi connectivity index (χ1) is 11.8. The fraction of sp³-hybridized carbons (Fsp3) is 0.412. The molecular formula is C17H20N6O. The maximum atomic E-state index is 12.3. The largest absolute Gasteiger partial charge is 0.352 e. The van der Waals surface area contributed by atoms with Crippen LogP contribution in [0.3, 0.4) is 0 Å². The molecule has 0 unspecified atom stereocenters. The highest BCUT2D eigenvalue weighted by Gasteiger charge is 2.20. The lowest BCUT2D eigenvalue weighted by atomic mass is 10.2. The Bertz CT molecular complexity index is 832. The smallest absolute Gasteiger partial charge is 0.252 e. The molecule has 3 heterocycles. The molecule has 0 atom stereocenters. The summed E-state index contributed by atoms with van der Waals surface area (Å²) in [6.07, 6.45) is 12.5. The minimum atomic E-state index is -0.126. The van der Waals surface area contributed by atoms with Gasteiger partial charge in [0.25, 0.3) is 5.91 Å². The Labute approximate surface area is 139 Å². The van der Waals surface area contributed by atoms with Gasteiger partial charge >= 0.3 is 0 Å². The third kappa shape index (κ3) is 2.89. The molecule has 4 rings (SSSR count). The Hall–Kier alpha value is -2.70. The molecule has 1 aliphatic carbocycles. The number of hydrogen-bond donors (Lipinski definition) is 2. The fourth-order valence-corrected chi connectivity index (χ4v) is 3.33. The highest BCUT2D eigenvalue weighted by Crippen LogP contribution is 2.31. The van der Waals surface area contributed by atoms with E-state index in [2.05, 4.69) is 29.8 Å². The summed E-state index contributed by atoms with van der Waals surface area (Å²) in [5.74, 6) is -0.126. The predicted molar refractivity (Wildman–Crippen MR) is 89.7 cm³/mol. The number of hydrogen-bond acceptors (Lipinski definition) is 4. The van der Waals surface area contributed by atoms with Gasteiger partial charge in [-0.1, -0.05) is 12.8 Å². The summed E-state index contributed by atoms with van der Waals surface area (Å²) in [4.78, 5) is 28.2. The van der Waals surface area contributed by atoms with Crippen molar-refractivity contribution in [2.45, 2.75) is 38.1 Å². The molecule has 0 aliphatic heterocycles. The maximum Gasteiger partial charge on any atom is 0.252 e. The molecule has 3 aromatic rings. The van der Waals surface area contributed by atoms with Gasteiger partial charge in [-0.25, -0.2) is 15.0 Å². The number of amides is 1. The summed E-state index contributed by atoms with van der Waals surface area (Å²) in [5.41, 5.74) is 3.20. The Morgan fingerprint density at radius 3 is 2.96 bits per heavy atom. The Morgan fingerprint density at radius 1 is 1.29 bits per heavy atom. The van der Waals surface area contributed by atoms with Crippen molar-refractivity contribution in [1.82, 2.24) is 29.8 Å². The monoisotopic (exact) mass is 324 g/mol. The molecule has 0 radical (unpaired) electrons. The molecule has 1 aliphatic rings. The van der Waals surface area contributed by atoms with Gasteiger partial charge < -0.3 is 14.9 Å². The van der Waals surface area contributed by atoms with Crippen LogP contribution >= 0.6 is 0 Å². The summed E-state index contributed by atoms with van der Waals surface area (Å²) in [6.45, 7) is 0.551. The third-order valence-corrected chi connectivity index (χ3v) is 4.63. The average molecular weight is 324 g/mol. The molecule has 1 amide bonds. The van der Waals surface area contributed by atoms with Crippen LogP contribution in [0.15, 0.2) is 31.1 Å². The van der Waals surface area contributed by atoms with E-state index in [4.69, 9.17) is 0 Å². The number of carbonyl (C=O) groups excluding carboxylic acids is 1. The van der Waals surface area contributed by atoms with Crippen LogP contribution in [0.2, 0.25) is 0 Å². The summed E-state index contributed by atoms with van der Waals surface area (Å²) < 4.78 is 2.16. The lowest BCUT2D eigenvalue weighted by Crippen LogP contribution is -2.25. The van der Waals surface area contributed by atoms with Gasteiger partial charge in [0.1, 0.15) is 5.52 Å². The summed E-state index contributed by atoms with van der Waals surface area (Å²) in [6, 6.07) is 2.32. The number of aromatic nitrogens is 5. The quantitative estimate of drug-likeness (QED) is 0.753. The Kier molecular flexibility index (Phi) is 3.98. The summed E-state index contributed by atoms with van der Waals surface area (Å²) in [7, 11) is 0. The minimum Gasteiger partial charge on any atom is -0.352 e. The molecule has 0 aromatic carbocycles. The fourth-order valence-electron chi connectivity index (χ4n) is 3.33. The minimum absolute atomic E-state index is 0.126. The lowest BCUT2D eigenvalue weighted by molar-refractivity contribution is 0.0954. The van der Waals surface area contributed by atoms with Gasteiger partial charge in [-0.3, -0.25) is 4.79 Å². The number of imidazole rings is 2. The SMILES string of the molecule is O=C(NCCc1cnc[nH]1)c1cnc2c(c1)ncn2C1CCCC1. The van der Waals surface area contributed by atoms with E-state index >= 15 is 0 Å². The molecule has 124 valence electrons. The van der Waals surface area contributed by atoms with Crippen LogP contribution in [-0.4, -0.2) is 37.0 Å². The van der Waals surface area contributed by atoms with E-state index in [9.17, 15) is 4.79 Å². The first-order valence-electron chi connectivity index (χ1n) is 8.39. The number of H-pyrrole nitrogens is 1. The molecule has 7 nitrogen and oxygen atoms in total. The predicted octanol–water partition coefficient (Wildman–Crippen LogP) is 2.24. The molecule has 7 heteroatoms. The zero-order chi connectivity index (χ0) is 16.4. The number of fused-ring (bicyclic) bond motifs is 1. The summed E-state index contributed by atoms with van der Waals surface area (Å²) in [5, 5.41) is 2.90. The van der Waals surface area contributed by atoms with Crippen LogP contribution in [0.4, 0.5) is 0 Å². The van der Waals surface area contributed by atoms with E-state index in [0.717, 1.165) is 23.3 Å². The normalized spacial score (nSPS) is 15.2. The van der Waals surface area contributed by atoms with Crippen molar-refractivity contribution in [3.05, 3.63) is 42.4 Å². The molecule has 2 N–H and O–H groups in total. The zero-order valence-corrected chi connectivity index (χ0v) is 13.4. The molecule has 0 saturated heterocycles. The number of pyridine rings is 1. The Balaban J connectivity index is 1.45. The van der Waals surface area contributed by atoms with E-state index in [1.807, 2.05) is 12.4 Å². The van der Waals surface area contributed by atoms with Crippen molar-refractivity contribution in [2.75, 3.05) is 6.54 Å². The van der Waals surface area contributed by atoms with E-state index in [1.54, 1.807) is 18.7 Å². The number of aromatic amines is 1. The Morgan fingerprint density at radius 2 is 2.17 bits per heavy atom. The van der Waals surface area contributed by atoms with Gasteiger partial charge in [-0.15, -0.1) is 0 Å². The standard InChI is InChI=1S/C17H20N6O/c24-17(19-6-5-13-9-18-10-21-13)12-7-15-16(20-8-12)23(11-22-15)14-3-1-2-4-14/h7-11,14H,1-6H2,(H,18,21)(H,19,24). The molecule has 1 saturated carbocycles. The van der Waals surface area contributed by atoms with Crippen LogP contribution < -0.4 is 5.32 Å². The second-order valence-electron chi connectivity index (χ2n) is 6.24. The first-order valence-corrected chi connectivity index (χ1v) is 8.39.